The van der Waals surface area contributed by atoms with Gasteiger partial charge in [0.15, 0.2) is 0 Å². The van der Waals surface area contributed by atoms with E-state index in [1.165, 1.54) is 6.07 Å². The van der Waals surface area contributed by atoms with Gasteiger partial charge in [0.2, 0.25) is 0 Å². The van der Waals surface area contributed by atoms with E-state index in [0.29, 0.717) is 56.8 Å². The number of nitrogens with two attached hydrogens (primary N) is 1. The number of halogens is 1. The lowest BCUT2D eigenvalue weighted by Gasteiger charge is -2.32. The van der Waals surface area contributed by atoms with E-state index in [0.717, 1.165) is 21.4 Å². The Morgan fingerprint density at radius 3 is 2.59 bits per heavy atom. The molecule has 0 spiro atoms. The highest BCUT2D eigenvalue weighted by Gasteiger charge is 2.29. The molecule has 1 saturated heterocycles. The van der Waals surface area contributed by atoms with E-state index in [9.17, 15) is 13.4 Å². The lowest BCUT2D eigenvalue weighted by Crippen LogP contribution is -2.38. The highest BCUT2D eigenvalue weighted by molar-refractivity contribution is 8.02. The van der Waals surface area contributed by atoms with Crippen molar-refractivity contribution in [3.05, 3.63) is 65.1 Å². The quantitative estimate of drug-likeness (QED) is 0.500. The molecule has 184 valence electrons. The summed E-state index contributed by atoms with van der Waals surface area (Å²) in [7, 11) is -0.969. The van der Waals surface area contributed by atoms with Gasteiger partial charge in [-0.25, -0.2) is 4.39 Å². The summed E-state index contributed by atoms with van der Waals surface area (Å²) in [6.45, 7) is 2.56. The first kappa shape index (κ1) is 24.6. The molecule has 1 aliphatic rings. The fraction of sp³-hybridized carbons (Fsp3) is 0.423. The first-order valence-corrected chi connectivity index (χ1v) is 14.3. The molecule has 4 rings (SSSR count). The summed E-state index contributed by atoms with van der Waals surface area (Å²) in [4.78, 5) is 16.3. The average molecular weight is 488 g/mol. The molecular formula is C26H34FN3O3S. The number of benzene rings is 2. The number of ether oxygens (including phenoxy) is 1. The zero-order chi connectivity index (χ0) is 24.5. The molecule has 1 aromatic heterocycles. The smallest absolute Gasteiger partial charge is 0.256 e. The molecule has 0 atom stereocenters. The Hall–Kier alpha value is -2.55. The van der Waals surface area contributed by atoms with Crippen LogP contribution < -0.4 is 5.73 Å². The average Bonchev–Trinajstić information content (AvgIpc) is 3.20. The SMILES string of the molecule is COCCn1cc(C(=O)N2CCC(c3cc(CN)ccc3F)CC2)c2c([SH](C)(C)=O)cccc21. The minimum absolute atomic E-state index is 0.0562. The zero-order valence-corrected chi connectivity index (χ0v) is 21.0. The summed E-state index contributed by atoms with van der Waals surface area (Å²) in [5, 5.41) is 0.765. The van der Waals surface area contributed by atoms with Crippen LogP contribution in [0.4, 0.5) is 4.39 Å². The van der Waals surface area contributed by atoms with Gasteiger partial charge >= 0.3 is 0 Å². The van der Waals surface area contributed by atoms with Gasteiger partial charge in [-0.1, -0.05) is 28.1 Å². The van der Waals surface area contributed by atoms with Crippen molar-refractivity contribution in [1.82, 2.24) is 9.47 Å². The summed E-state index contributed by atoms with van der Waals surface area (Å²) < 4.78 is 34.8. The molecule has 1 aliphatic heterocycles. The number of nitrogens with zero attached hydrogens (tertiary/aromatic N) is 2. The van der Waals surface area contributed by atoms with Gasteiger partial charge in [0.05, 0.1) is 17.7 Å². The molecule has 8 heteroatoms. The molecule has 2 N–H and O–H groups in total. The highest BCUT2D eigenvalue weighted by Crippen LogP contribution is 2.34. The number of hydrogen-bond donors (Lipinski definition) is 2. The van der Waals surface area contributed by atoms with Crippen LogP contribution in [0.5, 0.6) is 0 Å². The summed E-state index contributed by atoms with van der Waals surface area (Å²) >= 11 is 0. The van der Waals surface area contributed by atoms with Crippen LogP contribution in [0.15, 0.2) is 47.5 Å². The maximum atomic E-state index is 14.5. The summed E-state index contributed by atoms with van der Waals surface area (Å²) in [6, 6.07) is 10.8. The minimum Gasteiger partial charge on any atom is -0.383 e. The van der Waals surface area contributed by atoms with Gasteiger partial charge < -0.3 is 19.9 Å². The van der Waals surface area contributed by atoms with Crippen molar-refractivity contribution in [3.8, 4) is 0 Å². The van der Waals surface area contributed by atoms with Crippen molar-refractivity contribution in [2.45, 2.75) is 36.7 Å². The van der Waals surface area contributed by atoms with Crippen LogP contribution in [0, 0.1) is 5.82 Å². The number of methoxy groups -OCH3 is 1. The van der Waals surface area contributed by atoms with E-state index in [1.54, 1.807) is 25.7 Å². The van der Waals surface area contributed by atoms with Crippen molar-refractivity contribution in [1.29, 1.82) is 0 Å². The van der Waals surface area contributed by atoms with E-state index in [4.69, 9.17) is 10.5 Å². The van der Waals surface area contributed by atoms with Gasteiger partial charge in [-0.15, -0.1) is 0 Å². The Labute approximate surface area is 201 Å². The molecule has 1 amide bonds. The molecule has 0 saturated carbocycles. The maximum absolute atomic E-state index is 14.5. The van der Waals surface area contributed by atoms with E-state index in [1.807, 2.05) is 39.9 Å². The van der Waals surface area contributed by atoms with Gasteiger partial charge in [-0.05, 0) is 60.6 Å². The van der Waals surface area contributed by atoms with Crippen LogP contribution in [0.25, 0.3) is 10.9 Å². The molecule has 0 unspecified atom stereocenters. The number of amides is 1. The Morgan fingerprint density at radius 2 is 1.94 bits per heavy atom. The Kier molecular flexibility index (Phi) is 7.21. The van der Waals surface area contributed by atoms with Crippen LogP contribution >= 0.6 is 0 Å². The van der Waals surface area contributed by atoms with Gasteiger partial charge in [-0.2, -0.15) is 0 Å². The second kappa shape index (κ2) is 9.98. The first-order valence-electron chi connectivity index (χ1n) is 11.7. The van der Waals surface area contributed by atoms with Crippen molar-refractivity contribution in [3.63, 3.8) is 0 Å². The van der Waals surface area contributed by atoms with Crippen LogP contribution in [0.3, 0.4) is 0 Å². The minimum atomic E-state index is -2.61. The van der Waals surface area contributed by atoms with E-state index in [2.05, 4.69) is 0 Å². The van der Waals surface area contributed by atoms with Gasteiger partial charge in [0, 0.05) is 49.8 Å². The molecule has 2 heterocycles. The molecule has 0 aliphatic carbocycles. The number of aromatic nitrogens is 1. The number of piperidine rings is 1. The molecule has 1 fully saturated rings. The number of hydrogen-bond acceptors (Lipinski definition) is 4. The normalized spacial score (nSPS) is 15.7. The van der Waals surface area contributed by atoms with E-state index >= 15 is 0 Å². The molecule has 2 aromatic carbocycles. The van der Waals surface area contributed by atoms with Gasteiger partial charge in [0.25, 0.3) is 5.91 Å². The third kappa shape index (κ3) is 4.80. The first-order chi connectivity index (χ1) is 16.2. The van der Waals surface area contributed by atoms with Crippen molar-refractivity contribution in [2.75, 3.05) is 39.3 Å². The second-order valence-corrected chi connectivity index (χ2v) is 12.6. The number of carbonyl (C=O) groups excluding carboxylic acids is 1. The predicted octanol–water partition coefficient (Wildman–Crippen LogP) is 3.54. The van der Waals surface area contributed by atoms with Crippen molar-refractivity contribution in [2.24, 2.45) is 5.73 Å². The predicted molar refractivity (Wildman–Crippen MR) is 136 cm³/mol. The number of carbonyl (C=O) groups is 1. The Balaban J connectivity index is 1.63. The standard InChI is InChI=1S/C26H34FN3O3S/c1-33-14-13-30-17-21(25-23(30)5-4-6-24(25)34(2,3)32)26(31)29-11-9-19(10-12-29)20-15-18(16-28)7-8-22(20)27/h4-8,15,17,19,34H,9-14,16,28H2,1-3H3. The Morgan fingerprint density at radius 1 is 1.21 bits per heavy atom. The van der Waals surface area contributed by atoms with Gasteiger partial charge in [-0.3, -0.25) is 9.00 Å². The molecule has 0 radical (unpaired) electrons. The summed E-state index contributed by atoms with van der Waals surface area (Å²) in [6.07, 6.45) is 6.70. The van der Waals surface area contributed by atoms with Gasteiger partial charge in [0.1, 0.15) is 5.82 Å². The maximum Gasteiger partial charge on any atom is 0.256 e. The number of likely N-dealkylation sites (tertiary alicyclic amines) is 1. The zero-order valence-electron chi connectivity index (χ0n) is 20.1. The summed E-state index contributed by atoms with van der Waals surface area (Å²) in [5.74, 6) is -0.230. The monoisotopic (exact) mass is 487 g/mol. The number of thiol groups is 1. The third-order valence-electron chi connectivity index (χ3n) is 6.75. The largest absolute Gasteiger partial charge is 0.383 e. The van der Waals surface area contributed by atoms with E-state index in [-0.39, 0.29) is 17.6 Å². The molecule has 6 nitrogen and oxygen atoms in total. The van der Waals surface area contributed by atoms with E-state index < -0.39 is 9.93 Å². The number of fused-ring (bicyclic) bond motifs is 1. The lowest BCUT2D eigenvalue weighted by atomic mass is 9.88. The lowest BCUT2D eigenvalue weighted by molar-refractivity contribution is 0.0714. The second-order valence-electron chi connectivity index (χ2n) is 9.38. The Bertz CT molecular complexity index is 1240. The fourth-order valence-electron chi connectivity index (χ4n) is 4.92. The number of rotatable bonds is 7. The molecule has 34 heavy (non-hydrogen) atoms. The topological polar surface area (TPSA) is 77.6 Å². The highest BCUT2D eigenvalue weighted by atomic mass is 32.2. The van der Waals surface area contributed by atoms with Crippen LogP contribution in [0.2, 0.25) is 0 Å². The molecule has 0 bridgehead atoms. The molecule has 3 aromatic rings. The van der Waals surface area contributed by atoms with Crippen LogP contribution in [-0.4, -0.2) is 58.9 Å². The summed E-state index contributed by atoms with van der Waals surface area (Å²) in [5.41, 5.74) is 8.79. The van der Waals surface area contributed by atoms with Crippen molar-refractivity contribution >= 4 is 26.7 Å². The molecular weight excluding hydrogens is 453 g/mol. The van der Waals surface area contributed by atoms with Crippen LogP contribution in [-0.2, 0) is 27.8 Å². The third-order valence-corrected chi connectivity index (χ3v) is 8.28. The fourth-order valence-corrected chi connectivity index (χ4v) is 6.13. The van der Waals surface area contributed by atoms with Crippen LogP contribution in [0.1, 0.15) is 40.2 Å². The van der Waals surface area contributed by atoms with Crippen molar-refractivity contribution < 1.29 is 18.1 Å².